The molecule has 0 spiro atoms. The van der Waals surface area contributed by atoms with E-state index in [1.54, 1.807) is 0 Å². The average molecular weight is 882 g/mol. The molecule has 0 saturated heterocycles. The summed E-state index contributed by atoms with van der Waals surface area (Å²) in [5.41, 5.74) is 0. The summed E-state index contributed by atoms with van der Waals surface area (Å²) < 4.78 is 7.88. The molecule has 0 aliphatic heterocycles. The molecule has 0 rings (SSSR count). The number of ether oxygens (including phenoxy) is 1. The summed E-state index contributed by atoms with van der Waals surface area (Å²) in [5.74, 6) is 0. The summed E-state index contributed by atoms with van der Waals surface area (Å²) in [6.45, 7) is 9.24. The fourth-order valence-corrected chi connectivity index (χ4v) is 1.66. The summed E-state index contributed by atoms with van der Waals surface area (Å²) in [5, 5.41) is 0. The van der Waals surface area contributed by atoms with Crippen molar-refractivity contribution < 1.29 is 4.74 Å². The average Bonchev–Trinajstić information content (AvgIpc) is 2.02. The maximum absolute atomic E-state index is 5.72. The van der Waals surface area contributed by atoms with Gasteiger partial charge in [-0.15, -0.1) is 0 Å². The lowest BCUT2D eigenvalue weighted by Gasteiger charge is -2.24. The molecule has 0 fully saturated rings. The van der Waals surface area contributed by atoms with Crippen molar-refractivity contribution in [2.75, 3.05) is 13.2 Å². The van der Waals surface area contributed by atoms with Gasteiger partial charge in [-0.1, -0.05) is 104 Å². The summed E-state index contributed by atoms with van der Waals surface area (Å²) in [6, 6.07) is 0. The van der Waals surface area contributed by atoms with Crippen LogP contribution in [-0.2, 0) is 4.74 Å². The van der Waals surface area contributed by atoms with Crippen LogP contribution in [-0.4, -0.2) is 16.1 Å². The standard InChI is InChI=1S/C8H8I6O/c1-5(9)7(11,12)3-15-4-8(13,14)6(2)10/h1-4H2. The van der Waals surface area contributed by atoms with Crippen molar-refractivity contribution in [1.82, 2.24) is 0 Å². The molecule has 0 aromatic carbocycles. The van der Waals surface area contributed by atoms with Crippen LogP contribution in [0.3, 0.4) is 0 Å². The molecule has 0 bridgehead atoms. The molecular formula is C8H8I6O. The number of alkyl halides is 4. The van der Waals surface area contributed by atoms with Crippen LogP contribution in [0, 0.1) is 0 Å². The van der Waals surface area contributed by atoms with Crippen molar-refractivity contribution in [3.8, 4) is 0 Å². The first-order valence-corrected chi connectivity index (χ1v) is 10.1. The van der Waals surface area contributed by atoms with Crippen LogP contribution in [0.1, 0.15) is 0 Å². The van der Waals surface area contributed by atoms with E-state index in [0.29, 0.717) is 13.2 Å². The highest BCUT2D eigenvalue weighted by Gasteiger charge is 2.29. The molecule has 0 heterocycles. The Bertz CT molecular complexity index is 234. The van der Waals surface area contributed by atoms with Gasteiger partial charge in [0.2, 0.25) is 0 Å². The first-order valence-electron chi connectivity index (χ1n) is 3.63. The Kier molecular flexibility index (Phi) is 10.3. The van der Waals surface area contributed by atoms with Crippen LogP contribution in [0.25, 0.3) is 0 Å². The number of halogens is 6. The lowest BCUT2D eigenvalue weighted by Crippen LogP contribution is -2.25. The third kappa shape index (κ3) is 7.86. The van der Waals surface area contributed by atoms with Gasteiger partial charge in [-0.3, -0.25) is 0 Å². The molecule has 88 valence electrons. The Labute approximate surface area is 173 Å². The second kappa shape index (κ2) is 8.18. The molecule has 7 heteroatoms. The van der Waals surface area contributed by atoms with E-state index in [0.717, 1.165) is 7.16 Å². The molecule has 0 radical (unpaired) electrons. The zero-order valence-corrected chi connectivity index (χ0v) is 20.4. The van der Waals surface area contributed by atoms with Gasteiger partial charge in [-0.25, -0.2) is 0 Å². The Balaban J connectivity index is 4.11. The summed E-state index contributed by atoms with van der Waals surface area (Å²) in [4.78, 5) is 0. The maximum Gasteiger partial charge on any atom is 0.126 e. The van der Waals surface area contributed by atoms with Crippen LogP contribution in [0.5, 0.6) is 0 Å². The quantitative estimate of drug-likeness (QED) is 0.234. The van der Waals surface area contributed by atoms with Gasteiger partial charge < -0.3 is 4.74 Å². The minimum atomic E-state index is -0.0218. The normalized spacial score (nSPS) is 12.7. The van der Waals surface area contributed by atoms with Gasteiger partial charge >= 0.3 is 0 Å². The van der Waals surface area contributed by atoms with Crippen LogP contribution < -0.4 is 0 Å². The summed E-state index contributed by atoms with van der Waals surface area (Å²) in [7, 11) is 0. The minimum absolute atomic E-state index is 0.0218. The SMILES string of the molecule is C=C(I)C(I)(I)COCC(I)(I)C(=C)I. The predicted molar refractivity (Wildman–Crippen MR) is 119 cm³/mol. The number of hydrogen-bond donors (Lipinski definition) is 0. The first-order chi connectivity index (χ1) is 6.59. The molecule has 0 saturated carbocycles. The fourth-order valence-electron chi connectivity index (χ4n) is 0.464. The van der Waals surface area contributed by atoms with E-state index >= 15 is 0 Å². The van der Waals surface area contributed by atoms with Crippen molar-refractivity contribution in [3.05, 3.63) is 20.3 Å². The molecule has 0 aromatic heterocycles. The van der Waals surface area contributed by atoms with Gasteiger partial charge in [0, 0.05) is 7.16 Å². The first kappa shape index (κ1) is 18.8. The van der Waals surface area contributed by atoms with Crippen molar-refractivity contribution in [2.45, 2.75) is 2.86 Å². The Morgan fingerprint density at radius 2 is 1.13 bits per heavy atom. The third-order valence-electron chi connectivity index (χ3n) is 1.36. The Hall–Kier alpha value is 3.82. The molecule has 0 aliphatic carbocycles. The van der Waals surface area contributed by atoms with Crippen molar-refractivity contribution in [2.24, 2.45) is 0 Å². The summed E-state index contributed by atoms with van der Waals surface area (Å²) in [6.07, 6.45) is 0. The molecule has 15 heavy (non-hydrogen) atoms. The lowest BCUT2D eigenvalue weighted by atomic mass is 10.4. The smallest absolute Gasteiger partial charge is 0.126 e. The van der Waals surface area contributed by atoms with Crippen LogP contribution >= 0.6 is 136 Å². The molecule has 1 nitrogen and oxygen atoms in total. The van der Waals surface area contributed by atoms with Gasteiger partial charge in [0.15, 0.2) is 0 Å². The second-order valence-electron chi connectivity index (χ2n) is 2.71. The molecule has 0 aliphatic rings. The minimum Gasteiger partial charge on any atom is -0.376 e. The molecular weight excluding hydrogens is 874 g/mol. The number of hydrogen-bond acceptors (Lipinski definition) is 1. The van der Waals surface area contributed by atoms with Crippen molar-refractivity contribution in [3.63, 3.8) is 0 Å². The number of rotatable bonds is 6. The highest BCUT2D eigenvalue weighted by Crippen LogP contribution is 2.41. The second-order valence-corrected chi connectivity index (χ2v) is 16.8. The fraction of sp³-hybridized carbons (Fsp3) is 0.500. The topological polar surface area (TPSA) is 9.23 Å². The van der Waals surface area contributed by atoms with E-state index in [2.05, 4.69) is 149 Å². The molecule has 0 atom stereocenters. The lowest BCUT2D eigenvalue weighted by molar-refractivity contribution is 0.148. The van der Waals surface area contributed by atoms with Crippen LogP contribution in [0.15, 0.2) is 20.3 Å². The molecule has 0 amide bonds. The van der Waals surface area contributed by atoms with Crippen LogP contribution in [0.2, 0.25) is 0 Å². The van der Waals surface area contributed by atoms with Gasteiger partial charge in [-0.05, 0) is 45.2 Å². The van der Waals surface area contributed by atoms with Gasteiger partial charge in [0.25, 0.3) is 0 Å². The van der Waals surface area contributed by atoms with Gasteiger partial charge in [0.05, 0.1) is 13.2 Å². The zero-order valence-electron chi connectivity index (χ0n) is 7.50. The molecule has 0 unspecified atom stereocenters. The van der Waals surface area contributed by atoms with Crippen LogP contribution in [0.4, 0.5) is 0 Å². The Morgan fingerprint density at radius 3 is 1.33 bits per heavy atom. The van der Waals surface area contributed by atoms with E-state index in [-0.39, 0.29) is 2.86 Å². The molecule has 0 aromatic rings. The monoisotopic (exact) mass is 881 g/mol. The van der Waals surface area contributed by atoms with E-state index < -0.39 is 0 Å². The van der Waals surface area contributed by atoms with Crippen molar-refractivity contribution >= 4 is 136 Å². The highest BCUT2D eigenvalue weighted by molar-refractivity contribution is 14.2. The molecule has 0 N–H and O–H groups in total. The van der Waals surface area contributed by atoms with Gasteiger partial charge in [0.1, 0.15) is 2.86 Å². The van der Waals surface area contributed by atoms with E-state index in [1.165, 1.54) is 0 Å². The van der Waals surface area contributed by atoms with Gasteiger partial charge in [-0.2, -0.15) is 0 Å². The zero-order chi connectivity index (χ0) is 12.3. The maximum atomic E-state index is 5.72. The highest BCUT2D eigenvalue weighted by atomic mass is 127. The third-order valence-corrected chi connectivity index (χ3v) is 11.2. The Morgan fingerprint density at radius 1 is 0.867 bits per heavy atom. The predicted octanol–water partition coefficient (Wildman–Crippen LogP) is 6.03. The van der Waals surface area contributed by atoms with E-state index in [9.17, 15) is 0 Å². The van der Waals surface area contributed by atoms with E-state index in [4.69, 9.17) is 4.74 Å². The summed E-state index contributed by atoms with van der Waals surface area (Å²) >= 11 is 13.9. The van der Waals surface area contributed by atoms with Crippen molar-refractivity contribution in [1.29, 1.82) is 0 Å². The van der Waals surface area contributed by atoms with E-state index in [1.807, 2.05) is 0 Å². The largest absolute Gasteiger partial charge is 0.376 e.